The zero-order valence-corrected chi connectivity index (χ0v) is 26.3. The lowest BCUT2D eigenvalue weighted by Crippen LogP contribution is -2.38. The molecule has 0 radical (unpaired) electrons. The SMILES string of the molecule is COC(=O)c1cc(CNCC[C@H](Cc2ccccc2)NC(=O)c2cccc(C(=O)N(C)Cc3nc(C)cs3)c2)cc(OC)c1. The number of nitrogens with zero attached hydrogens (tertiary/aromatic N) is 2. The van der Waals surface area contributed by atoms with Crippen LogP contribution in [-0.4, -0.2) is 61.5 Å². The molecular formula is C34H38N4O5S. The van der Waals surface area contributed by atoms with Crippen molar-refractivity contribution in [1.82, 2.24) is 20.5 Å². The molecule has 0 bridgehead atoms. The average Bonchev–Trinajstić information content (AvgIpc) is 3.46. The predicted molar refractivity (Wildman–Crippen MR) is 171 cm³/mol. The van der Waals surface area contributed by atoms with Crippen LogP contribution in [0.25, 0.3) is 0 Å². The van der Waals surface area contributed by atoms with Gasteiger partial charge in [-0.3, -0.25) is 9.59 Å². The van der Waals surface area contributed by atoms with Gasteiger partial charge in [-0.1, -0.05) is 36.4 Å². The molecule has 0 saturated heterocycles. The summed E-state index contributed by atoms with van der Waals surface area (Å²) in [5.74, 6) is -0.272. The van der Waals surface area contributed by atoms with Crippen LogP contribution in [0.3, 0.4) is 0 Å². The van der Waals surface area contributed by atoms with E-state index in [4.69, 9.17) is 9.47 Å². The quantitative estimate of drug-likeness (QED) is 0.151. The zero-order chi connectivity index (χ0) is 31.5. The van der Waals surface area contributed by atoms with Crippen LogP contribution in [0.5, 0.6) is 5.75 Å². The third-order valence-corrected chi connectivity index (χ3v) is 7.99. The first-order valence-corrected chi connectivity index (χ1v) is 15.2. The summed E-state index contributed by atoms with van der Waals surface area (Å²) in [5.41, 5.74) is 4.20. The Hall–Kier alpha value is -4.54. The Morgan fingerprint density at radius 1 is 0.932 bits per heavy atom. The molecule has 10 heteroatoms. The van der Waals surface area contributed by atoms with Crippen molar-refractivity contribution >= 4 is 29.1 Å². The molecule has 0 spiro atoms. The van der Waals surface area contributed by atoms with Gasteiger partial charge in [0, 0.05) is 41.8 Å². The largest absolute Gasteiger partial charge is 0.497 e. The fourth-order valence-electron chi connectivity index (χ4n) is 4.78. The molecule has 2 N–H and O–H groups in total. The molecule has 1 heterocycles. The van der Waals surface area contributed by atoms with Crippen LogP contribution in [0, 0.1) is 6.92 Å². The van der Waals surface area contributed by atoms with Gasteiger partial charge in [-0.15, -0.1) is 11.3 Å². The number of benzene rings is 3. The van der Waals surface area contributed by atoms with Gasteiger partial charge < -0.3 is 25.0 Å². The molecule has 230 valence electrons. The van der Waals surface area contributed by atoms with E-state index in [0.29, 0.717) is 54.9 Å². The lowest BCUT2D eigenvalue weighted by atomic mass is 10.0. The normalized spacial score (nSPS) is 11.5. The van der Waals surface area contributed by atoms with E-state index in [1.165, 1.54) is 18.4 Å². The summed E-state index contributed by atoms with van der Waals surface area (Å²) in [6, 6.07) is 21.9. The summed E-state index contributed by atoms with van der Waals surface area (Å²) in [6.45, 7) is 3.45. The summed E-state index contributed by atoms with van der Waals surface area (Å²) in [4.78, 5) is 44.6. The Labute approximate surface area is 262 Å². The van der Waals surface area contributed by atoms with Crippen molar-refractivity contribution in [3.05, 3.63) is 117 Å². The molecule has 0 unspecified atom stereocenters. The number of amides is 2. The van der Waals surface area contributed by atoms with Gasteiger partial charge in [-0.25, -0.2) is 9.78 Å². The van der Waals surface area contributed by atoms with Crippen molar-refractivity contribution in [2.75, 3.05) is 27.8 Å². The molecule has 0 aliphatic rings. The molecule has 1 atom stereocenters. The van der Waals surface area contributed by atoms with Crippen LogP contribution in [0.1, 0.15) is 59.3 Å². The average molecular weight is 615 g/mol. The number of hydrogen-bond acceptors (Lipinski definition) is 8. The van der Waals surface area contributed by atoms with E-state index < -0.39 is 5.97 Å². The van der Waals surface area contributed by atoms with E-state index in [1.54, 1.807) is 55.5 Å². The van der Waals surface area contributed by atoms with Gasteiger partial charge in [-0.05, 0) is 73.8 Å². The van der Waals surface area contributed by atoms with Crippen LogP contribution in [0.15, 0.2) is 78.2 Å². The van der Waals surface area contributed by atoms with Gasteiger partial charge in [0.15, 0.2) is 0 Å². The molecular weight excluding hydrogens is 576 g/mol. The highest BCUT2D eigenvalue weighted by atomic mass is 32.1. The molecule has 3 aromatic carbocycles. The van der Waals surface area contributed by atoms with E-state index in [-0.39, 0.29) is 17.9 Å². The predicted octanol–water partition coefficient (Wildman–Crippen LogP) is 5.04. The maximum Gasteiger partial charge on any atom is 0.337 e. The second-order valence-corrected chi connectivity index (χ2v) is 11.5. The van der Waals surface area contributed by atoms with Crippen LogP contribution < -0.4 is 15.4 Å². The third kappa shape index (κ3) is 9.23. The number of esters is 1. The molecule has 44 heavy (non-hydrogen) atoms. The lowest BCUT2D eigenvalue weighted by Gasteiger charge is -2.20. The number of hydrogen-bond donors (Lipinski definition) is 2. The number of rotatable bonds is 14. The number of ether oxygens (including phenoxy) is 2. The van der Waals surface area contributed by atoms with E-state index in [1.807, 2.05) is 48.7 Å². The fourth-order valence-corrected chi connectivity index (χ4v) is 5.61. The van der Waals surface area contributed by atoms with Gasteiger partial charge in [0.25, 0.3) is 11.8 Å². The maximum absolute atomic E-state index is 13.4. The first-order chi connectivity index (χ1) is 21.2. The Kier molecular flexibility index (Phi) is 11.6. The molecule has 1 aromatic heterocycles. The number of carbonyl (C=O) groups excluding carboxylic acids is 3. The molecule has 9 nitrogen and oxygen atoms in total. The van der Waals surface area contributed by atoms with E-state index in [2.05, 4.69) is 15.6 Å². The summed E-state index contributed by atoms with van der Waals surface area (Å²) in [7, 11) is 4.63. The first-order valence-electron chi connectivity index (χ1n) is 14.3. The molecule has 0 fully saturated rings. The summed E-state index contributed by atoms with van der Waals surface area (Å²) < 4.78 is 10.2. The number of thiazole rings is 1. The number of nitrogens with one attached hydrogen (secondary N) is 2. The Bertz CT molecular complexity index is 1570. The summed E-state index contributed by atoms with van der Waals surface area (Å²) in [5, 5.41) is 9.40. The minimum absolute atomic E-state index is 0.163. The number of aromatic nitrogens is 1. The van der Waals surface area contributed by atoms with Crippen LogP contribution in [0.4, 0.5) is 0 Å². The zero-order valence-electron chi connectivity index (χ0n) is 25.5. The van der Waals surface area contributed by atoms with Crippen molar-refractivity contribution in [1.29, 1.82) is 0 Å². The van der Waals surface area contributed by atoms with Crippen LogP contribution in [0.2, 0.25) is 0 Å². The number of methoxy groups -OCH3 is 2. The van der Waals surface area contributed by atoms with Gasteiger partial charge in [0.1, 0.15) is 10.8 Å². The first kappa shape index (κ1) is 32.4. The smallest absolute Gasteiger partial charge is 0.337 e. The van der Waals surface area contributed by atoms with Crippen molar-refractivity contribution in [3.63, 3.8) is 0 Å². The van der Waals surface area contributed by atoms with E-state index in [0.717, 1.165) is 21.8 Å². The van der Waals surface area contributed by atoms with Crippen molar-refractivity contribution in [2.45, 2.75) is 38.9 Å². The topological polar surface area (TPSA) is 110 Å². The second kappa shape index (κ2) is 15.8. The molecule has 4 rings (SSSR count). The monoisotopic (exact) mass is 614 g/mol. The highest BCUT2D eigenvalue weighted by Gasteiger charge is 2.18. The minimum Gasteiger partial charge on any atom is -0.497 e. The Morgan fingerprint density at radius 3 is 2.41 bits per heavy atom. The Balaban J connectivity index is 1.40. The molecule has 0 saturated carbocycles. The molecule has 0 aliphatic carbocycles. The number of aryl methyl sites for hydroxylation is 1. The van der Waals surface area contributed by atoms with Crippen LogP contribution in [-0.2, 0) is 24.2 Å². The van der Waals surface area contributed by atoms with Gasteiger partial charge >= 0.3 is 5.97 Å². The highest BCUT2D eigenvalue weighted by Crippen LogP contribution is 2.18. The summed E-state index contributed by atoms with van der Waals surface area (Å²) >= 11 is 1.52. The standard InChI is InChI=1S/C34H38N4O5S/c1-23-22-44-31(36-23)21-38(2)33(40)27-12-8-11-26(18-27)32(39)37-29(16-24-9-6-5-7-10-24)13-14-35-20-25-15-28(34(41)43-4)19-30(17-25)42-3/h5-12,15,17-19,22,29,35H,13-14,16,20-21H2,1-4H3,(H,37,39)/t29-/m1/s1. The summed E-state index contributed by atoms with van der Waals surface area (Å²) in [6.07, 6.45) is 1.30. The highest BCUT2D eigenvalue weighted by molar-refractivity contribution is 7.09. The van der Waals surface area contributed by atoms with E-state index >= 15 is 0 Å². The number of carbonyl (C=O) groups is 3. The van der Waals surface area contributed by atoms with Crippen molar-refractivity contribution in [2.24, 2.45) is 0 Å². The molecule has 4 aromatic rings. The maximum atomic E-state index is 13.4. The molecule has 2 amide bonds. The van der Waals surface area contributed by atoms with E-state index in [9.17, 15) is 14.4 Å². The fraction of sp³-hybridized carbons (Fsp3) is 0.294. The van der Waals surface area contributed by atoms with Crippen molar-refractivity contribution in [3.8, 4) is 5.75 Å². The third-order valence-electron chi connectivity index (χ3n) is 7.04. The van der Waals surface area contributed by atoms with Crippen molar-refractivity contribution < 1.29 is 23.9 Å². The van der Waals surface area contributed by atoms with Gasteiger partial charge in [-0.2, -0.15) is 0 Å². The van der Waals surface area contributed by atoms with Crippen LogP contribution >= 0.6 is 11.3 Å². The lowest BCUT2D eigenvalue weighted by molar-refractivity contribution is 0.0599. The van der Waals surface area contributed by atoms with Gasteiger partial charge in [0.2, 0.25) is 0 Å². The molecule has 0 aliphatic heterocycles. The Morgan fingerprint density at radius 2 is 1.70 bits per heavy atom. The minimum atomic E-state index is -0.428. The second-order valence-electron chi connectivity index (χ2n) is 10.5. The van der Waals surface area contributed by atoms with Gasteiger partial charge in [0.05, 0.1) is 26.3 Å².